The van der Waals surface area contributed by atoms with E-state index < -0.39 is 8.32 Å². The molecule has 1 atom stereocenters. The molecular weight excluding hydrogens is 295 g/mol. The van der Waals surface area contributed by atoms with Crippen LogP contribution < -0.4 is 24.8 Å². The molecule has 1 nitrogen and oxygen atoms in total. The van der Waals surface area contributed by atoms with Crippen molar-refractivity contribution in [2.75, 3.05) is 0 Å². The van der Waals surface area contributed by atoms with Crippen molar-refractivity contribution in [3.05, 3.63) is 23.8 Å². The maximum Gasteiger partial charge on any atom is 3.00 e. The van der Waals surface area contributed by atoms with Gasteiger partial charge in [0.1, 0.15) is 0 Å². The van der Waals surface area contributed by atoms with Gasteiger partial charge in [0.2, 0.25) is 0 Å². The van der Waals surface area contributed by atoms with Gasteiger partial charge in [0.05, 0.1) is 0 Å². The predicted octanol–water partition coefficient (Wildman–Crippen LogP) is -2.69. The largest absolute Gasteiger partial charge is 3.00 e. The van der Waals surface area contributed by atoms with Gasteiger partial charge in [0.25, 0.3) is 0 Å². The molecular formula is C11H19Cl2OSiTi. The molecule has 1 aliphatic carbocycles. The second kappa shape index (κ2) is 9.93. The summed E-state index contributed by atoms with van der Waals surface area (Å²) in [6, 6.07) is 0. The standard InChI is InChI=1S/C11H19OSi.2ClH.Ti/c1-5-11(12-13(2,3)4)10-8-6-7-9-10;;;/h6,8,11H,5,7H2,1-4H3;2*1H;/q-1;;;+3/p-2. The molecule has 0 heterocycles. The summed E-state index contributed by atoms with van der Waals surface area (Å²) in [5.74, 6) is 0. The minimum absolute atomic E-state index is 0. The number of halogens is 2. The molecule has 1 unspecified atom stereocenters. The van der Waals surface area contributed by atoms with E-state index in [0.717, 1.165) is 12.8 Å². The van der Waals surface area contributed by atoms with Gasteiger partial charge < -0.3 is 29.2 Å². The Hall–Kier alpha value is 0.951. The minimum atomic E-state index is -1.40. The van der Waals surface area contributed by atoms with E-state index in [1.54, 1.807) is 0 Å². The van der Waals surface area contributed by atoms with Crippen LogP contribution in [0.4, 0.5) is 0 Å². The summed E-state index contributed by atoms with van der Waals surface area (Å²) in [7, 11) is -1.40. The fourth-order valence-electron chi connectivity index (χ4n) is 1.44. The van der Waals surface area contributed by atoms with E-state index >= 15 is 0 Å². The van der Waals surface area contributed by atoms with Gasteiger partial charge in [0.15, 0.2) is 8.32 Å². The Kier molecular flexibility index (Phi) is 13.8. The summed E-state index contributed by atoms with van der Waals surface area (Å²) < 4.78 is 6.06. The van der Waals surface area contributed by atoms with Crippen LogP contribution in [0.1, 0.15) is 19.8 Å². The molecule has 0 saturated heterocycles. The fraction of sp³-hybridized carbons (Fsp3) is 0.636. The Morgan fingerprint density at radius 2 is 1.94 bits per heavy atom. The van der Waals surface area contributed by atoms with Gasteiger partial charge in [-0.15, -0.1) is 6.42 Å². The third kappa shape index (κ3) is 8.10. The summed E-state index contributed by atoms with van der Waals surface area (Å²) in [4.78, 5) is 0. The molecule has 0 bridgehead atoms. The van der Waals surface area contributed by atoms with Crippen LogP contribution in [0.15, 0.2) is 17.7 Å². The maximum atomic E-state index is 6.06. The molecule has 5 heteroatoms. The first kappa shape index (κ1) is 22.2. The average Bonchev–Trinajstić information content (AvgIpc) is 2.50. The van der Waals surface area contributed by atoms with Gasteiger partial charge in [-0.05, 0) is 26.1 Å². The van der Waals surface area contributed by atoms with Crippen molar-refractivity contribution >= 4 is 8.32 Å². The van der Waals surface area contributed by atoms with Gasteiger partial charge in [0, 0.05) is 6.10 Å². The molecule has 0 aromatic heterocycles. The Bertz CT molecular complexity index is 237. The van der Waals surface area contributed by atoms with Crippen molar-refractivity contribution in [2.45, 2.75) is 45.5 Å². The van der Waals surface area contributed by atoms with Gasteiger partial charge >= 0.3 is 21.7 Å². The molecule has 0 spiro atoms. The Morgan fingerprint density at radius 3 is 2.25 bits per heavy atom. The van der Waals surface area contributed by atoms with Crippen LogP contribution in [-0.4, -0.2) is 14.4 Å². The van der Waals surface area contributed by atoms with Crippen molar-refractivity contribution in [1.29, 1.82) is 0 Å². The van der Waals surface area contributed by atoms with Crippen molar-refractivity contribution in [3.63, 3.8) is 0 Å². The SMILES string of the molecule is CCC(O[Si](C)(C)C)C1=[C-]CC=C1.[Cl-].[Cl-].[Ti+3]. The van der Waals surface area contributed by atoms with E-state index in [0.29, 0.717) is 0 Å². The van der Waals surface area contributed by atoms with Crippen LogP contribution in [0, 0.1) is 6.08 Å². The normalized spacial score (nSPS) is 15.4. The zero-order valence-electron chi connectivity index (χ0n) is 10.3. The molecule has 0 amide bonds. The molecule has 1 radical (unpaired) electrons. The first-order valence-electron chi connectivity index (χ1n) is 4.98. The number of hydrogen-bond acceptors (Lipinski definition) is 1. The van der Waals surface area contributed by atoms with Crippen LogP contribution in [0.3, 0.4) is 0 Å². The van der Waals surface area contributed by atoms with Crippen LogP contribution in [0.25, 0.3) is 0 Å². The van der Waals surface area contributed by atoms with E-state index in [9.17, 15) is 0 Å². The van der Waals surface area contributed by atoms with Crippen LogP contribution >= 0.6 is 0 Å². The third-order valence-electron chi connectivity index (χ3n) is 1.93. The number of hydrogen-bond donors (Lipinski definition) is 0. The monoisotopic (exact) mass is 313 g/mol. The Balaban J connectivity index is -0.000000563. The summed E-state index contributed by atoms with van der Waals surface area (Å²) in [5.41, 5.74) is 1.25. The first-order valence-corrected chi connectivity index (χ1v) is 8.39. The summed E-state index contributed by atoms with van der Waals surface area (Å²) >= 11 is 0. The third-order valence-corrected chi connectivity index (χ3v) is 2.93. The molecule has 0 aromatic rings. The van der Waals surface area contributed by atoms with Crippen molar-refractivity contribution in [1.82, 2.24) is 0 Å². The van der Waals surface area contributed by atoms with Crippen molar-refractivity contribution in [2.24, 2.45) is 0 Å². The molecule has 16 heavy (non-hydrogen) atoms. The molecule has 0 aromatic carbocycles. The zero-order valence-corrected chi connectivity index (χ0v) is 14.4. The average molecular weight is 314 g/mol. The van der Waals surface area contributed by atoms with Crippen LogP contribution in [-0.2, 0) is 26.1 Å². The Morgan fingerprint density at radius 1 is 1.38 bits per heavy atom. The van der Waals surface area contributed by atoms with E-state index in [1.165, 1.54) is 5.57 Å². The predicted molar refractivity (Wildman–Crippen MR) is 59.0 cm³/mol. The maximum absolute atomic E-state index is 6.06. The summed E-state index contributed by atoms with van der Waals surface area (Å²) in [6.07, 6.45) is 9.92. The van der Waals surface area contributed by atoms with Gasteiger partial charge in [-0.1, -0.05) is 6.92 Å². The summed E-state index contributed by atoms with van der Waals surface area (Å²) in [6.45, 7) is 8.87. The topological polar surface area (TPSA) is 9.23 Å². The van der Waals surface area contributed by atoms with E-state index in [-0.39, 0.29) is 52.6 Å². The molecule has 0 fully saturated rings. The number of rotatable bonds is 4. The van der Waals surface area contributed by atoms with Crippen LogP contribution in [0.2, 0.25) is 19.6 Å². The Labute approximate surface area is 128 Å². The zero-order chi connectivity index (χ0) is 9.90. The quantitative estimate of drug-likeness (QED) is 0.406. The van der Waals surface area contributed by atoms with E-state index in [4.69, 9.17) is 4.43 Å². The van der Waals surface area contributed by atoms with Crippen LogP contribution in [0.5, 0.6) is 0 Å². The summed E-state index contributed by atoms with van der Waals surface area (Å²) in [5, 5.41) is 0. The van der Waals surface area contributed by atoms with E-state index in [2.05, 4.69) is 44.8 Å². The minimum Gasteiger partial charge on any atom is -1.00 e. The molecule has 0 N–H and O–H groups in total. The van der Waals surface area contributed by atoms with Gasteiger partial charge in [-0.3, -0.25) is 6.08 Å². The molecule has 91 valence electrons. The van der Waals surface area contributed by atoms with Crippen molar-refractivity contribution < 1.29 is 51.0 Å². The smallest absolute Gasteiger partial charge is 1.00 e. The number of allylic oxidation sites excluding steroid dienone is 2. The molecule has 0 saturated carbocycles. The van der Waals surface area contributed by atoms with E-state index in [1.807, 2.05) is 0 Å². The molecule has 0 aliphatic heterocycles. The van der Waals surface area contributed by atoms with Crippen molar-refractivity contribution in [3.8, 4) is 0 Å². The fourth-order valence-corrected chi connectivity index (χ4v) is 2.58. The van der Waals surface area contributed by atoms with Gasteiger partial charge in [-0.25, -0.2) is 6.08 Å². The molecule has 1 rings (SSSR count). The second-order valence-electron chi connectivity index (χ2n) is 4.37. The second-order valence-corrected chi connectivity index (χ2v) is 8.83. The first-order chi connectivity index (χ1) is 6.03. The molecule has 1 aliphatic rings. The van der Waals surface area contributed by atoms with Gasteiger partial charge in [-0.2, -0.15) is 11.6 Å².